The Morgan fingerprint density at radius 3 is 2.50 bits per heavy atom. The maximum Gasteiger partial charge on any atom is 0.323 e. The summed E-state index contributed by atoms with van der Waals surface area (Å²) in [4.78, 5) is 24.4. The highest BCUT2D eigenvalue weighted by Gasteiger charge is 2.20. The minimum absolute atomic E-state index is 0.259. The first-order chi connectivity index (χ1) is 8.32. The van der Waals surface area contributed by atoms with Crippen LogP contribution in [-0.4, -0.2) is 55.3 Å². The normalized spacial score (nSPS) is 12.0. The third-order valence-corrected chi connectivity index (χ3v) is 1.98. The second kappa shape index (κ2) is 8.78. The van der Waals surface area contributed by atoms with E-state index in [0.29, 0.717) is 6.42 Å². The molecule has 0 amide bonds. The molecule has 0 saturated heterocycles. The lowest BCUT2D eigenvalue weighted by atomic mass is 10.2. The third kappa shape index (κ3) is 8.85. The van der Waals surface area contributed by atoms with Crippen LogP contribution >= 0.6 is 12.2 Å². The average Bonchev–Trinajstić information content (AvgIpc) is 2.22. The summed E-state index contributed by atoms with van der Waals surface area (Å²) in [6.45, 7) is 1.06. The van der Waals surface area contributed by atoms with E-state index >= 15 is 0 Å². The molecule has 1 atom stereocenters. The number of carbonyl (C=O) groups is 2. The van der Waals surface area contributed by atoms with Gasteiger partial charge in [0.2, 0.25) is 0 Å². The van der Waals surface area contributed by atoms with Crippen LogP contribution in [0.3, 0.4) is 0 Å². The zero-order valence-electron chi connectivity index (χ0n) is 10.5. The number of hydrogen-bond acceptors (Lipinski definition) is 7. The molecule has 0 aromatic rings. The molecule has 7 nitrogen and oxygen atoms in total. The minimum atomic E-state index is -1.06. The van der Waals surface area contributed by atoms with Gasteiger partial charge in [0.25, 0.3) is 5.17 Å². The summed E-state index contributed by atoms with van der Waals surface area (Å²) in [5.41, 5.74) is 10.5. The number of carbonyl (C=O) groups excluding carboxylic acids is 2. The van der Waals surface area contributed by atoms with Gasteiger partial charge in [-0.15, -0.1) is 0 Å². The molecule has 0 saturated carbocycles. The van der Waals surface area contributed by atoms with Gasteiger partial charge in [-0.1, -0.05) is 0 Å². The van der Waals surface area contributed by atoms with Crippen LogP contribution < -0.4 is 11.5 Å². The van der Waals surface area contributed by atoms with E-state index in [1.54, 1.807) is 0 Å². The summed E-state index contributed by atoms with van der Waals surface area (Å²) in [5, 5.41) is -0.397. The lowest BCUT2D eigenvalue weighted by Crippen LogP contribution is -2.36. The molecule has 0 aromatic heterocycles. The maximum absolute atomic E-state index is 11.4. The van der Waals surface area contributed by atoms with Crippen molar-refractivity contribution in [2.75, 3.05) is 27.2 Å². The first kappa shape index (κ1) is 16.8. The molecule has 0 heterocycles. The van der Waals surface area contributed by atoms with Gasteiger partial charge < -0.3 is 25.8 Å². The Bertz CT molecular complexity index is 309. The van der Waals surface area contributed by atoms with Crippen molar-refractivity contribution in [3.63, 3.8) is 0 Å². The van der Waals surface area contributed by atoms with Gasteiger partial charge >= 0.3 is 11.9 Å². The van der Waals surface area contributed by atoms with Crippen molar-refractivity contribution < 1.29 is 19.1 Å². The Morgan fingerprint density at radius 2 is 2.00 bits per heavy atom. The van der Waals surface area contributed by atoms with Gasteiger partial charge in [0.1, 0.15) is 6.04 Å². The fourth-order valence-corrected chi connectivity index (χ4v) is 1.17. The number of rotatable bonds is 7. The molecule has 18 heavy (non-hydrogen) atoms. The molecule has 0 bridgehead atoms. The van der Waals surface area contributed by atoms with Crippen LogP contribution in [0.4, 0.5) is 0 Å². The molecule has 0 radical (unpaired) electrons. The molecule has 4 N–H and O–H groups in total. The summed E-state index contributed by atoms with van der Waals surface area (Å²) >= 11 is 4.37. The van der Waals surface area contributed by atoms with Gasteiger partial charge in [0.15, 0.2) is 0 Å². The van der Waals surface area contributed by atoms with Crippen LogP contribution in [-0.2, 0) is 19.1 Å². The van der Waals surface area contributed by atoms with E-state index in [2.05, 4.69) is 17.0 Å². The monoisotopic (exact) mass is 277 g/mol. The molecule has 0 aliphatic carbocycles. The van der Waals surface area contributed by atoms with Crippen molar-refractivity contribution in [1.29, 1.82) is 0 Å². The van der Waals surface area contributed by atoms with Crippen molar-refractivity contribution in [1.82, 2.24) is 4.90 Å². The second-order valence-electron chi connectivity index (χ2n) is 3.93. The number of hydrogen-bond donors (Lipinski definition) is 2. The van der Waals surface area contributed by atoms with Gasteiger partial charge in [0.05, 0.1) is 13.0 Å². The Kier molecular flexibility index (Phi) is 8.17. The number of nitrogens with zero attached hydrogens (tertiary/aromatic N) is 1. The first-order valence-electron chi connectivity index (χ1n) is 5.40. The lowest BCUT2D eigenvalue weighted by Gasteiger charge is -2.12. The van der Waals surface area contributed by atoms with Gasteiger partial charge in [-0.3, -0.25) is 9.59 Å². The van der Waals surface area contributed by atoms with E-state index < -0.39 is 23.2 Å². The van der Waals surface area contributed by atoms with Gasteiger partial charge in [-0.05, 0) is 32.7 Å². The largest absolute Gasteiger partial charge is 0.464 e. The Balaban J connectivity index is 3.82. The van der Waals surface area contributed by atoms with E-state index in [1.165, 1.54) is 0 Å². The van der Waals surface area contributed by atoms with Gasteiger partial charge in [0, 0.05) is 6.54 Å². The van der Waals surface area contributed by atoms with Crippen molar-refractivity contribution >= 4 is 29.3 Å². The summed E-state index contributed by atoms with van der Waals surface area (Å²) in [5.74, 6) is -1.39. The maximum atomic E-state index is 11.4. The Labute approximate surface area is 111 Å². The molecule has 104 valence electrons. The highest BCUT2D eigenvalue weighted by Crippen LogP contribution is 1.97. The molecule has 0 aliphatic heterocycles. The third-order valence-electron chi connectivity index (χ3n) is 1.90. The fourth-order valence-electron chi connectivity index (χ4n) is 1.08. The number of nitrogens with two attached hydrogens (primary N) is 2. The molecule has 0 spiro atoms. The smallest absolute Gasteiger partial charge is 0.323 e. The lowest BCUT2D eigenvalue weighted by molar-refractivity contribution is -0.149. The topological polar surface area (TPSA) is 108 Å². The first-order valence-corrected chi connectivity index (χ1v) is 5.80. The van der Waals surface area contributed by atoms with E-state index in [-0.39, 0.29) is 13.0 Å². The molecule has 0 aromatic carbocycles. The van der Waals surface area contributed by atoms with E-state index in [1.807, 2.05) is 19.0 Å². The van der Waals surface area contributed by atoms with Crippen LogP contribution in [0, 0.1) is 0 Å². The van der Waals surface area contributed by atoms with Crippen LogP contribution in [0.5, 0.6) is 0 Å². The van der Waals surface area contributed by atoms with E-state index in [4.69, 9.17) is 16.2 Å². The average molecular weight is 277 g/mol. The predicted octanol–water partition coefficient (Wildman–Crippen LogP) is -1.01. The fraction of sp³-hybridized carbons (Fsp3) is 0.700. The minimum Gasteiger partial charge on any atom is -0.464 e. The van der Waals surface area contributed by atoms with Crippen molar-refractivity contribution in [3.8, 4) is 0 Å². The standard InChI is InChI=1S/C10H19N3O4S/c1-13(2)4-3-5-16-9(15)7(11)6-8(14)17-10(12)18/h7H,3-6,11H2,1-2H3,(H2,12,18)/t7-/m0/s1. The van der Waals surface area contributed by atoms with Crippen LogP contribution in [0.1, 0.15) is 12.8 Å². The highest BCUT2D eigenvalue weighted by atomic mass is 32.1. The summed E-state index contributed by atoms with van der Waals surface area (Å²) in [6, 6.07) is -1.06. The molecule has 0 unspecified atom stereocenters. The van der Waals surface area contributed by atoms with Crippen LogP contribution in [0.15, 0.2) is 0 Å². The zero-order chi connectivity index (χ0) is 14.1. The number of esters is 2. The summed E-state index contributed by atoms with van der Waals surface area (Å²) in [7, 11) is 3.83. The molecule has 0 aliphatic rings. The van der Waals surface area contributed by atoms with E-state index in [9.17, 15) is 9.59 Å². The van der Waals surface area contributed by atoms with E-state index in [0.717, 1.165) is 6.54 Å². The number of thiocarbonyl (C=S) groups is 1. The SMILES string of the molecule is CN(C)CCCOC(=O)[C@@H](N)CC(=O)OC(N)=S. The molecular formula is C10H19N3O4S. The highest BCUT2D eigenvalue weighted by molar-refractivity contribution is 7.80. The number of ether oxygens (including phenoxy) is 2. The van der Waals surface area contributed by atoms with Gasteiger partial charge in [-0.2, -0.15) is 0 Å². The van der Waals surface area contributed by atoms with Crippen molar-refractivity contribution in [2.45, 2.75) is 18.9 Å². The zero-order valence-corrected chi connectivity index (χ0v) is 11.4. The predicted molar refractivity (Wildman–Crippen MR) is 69.6 cm³/mol. The Hall–Kier alpha value is -1.25. The van der Waals surface area contributed by atoms with Crippen molar-refractivity contribution in [2.24, 2.45) is 11.5 Å². The molecular weight excluding hydrogens is 258 g/mol. The summed E-state index contributed by atoms with van der Waals surface area (Å²) < 4.78 is 9.30. The quantitative estimate of drug-likeness (QED) is 0.346. The molecule has 0 rings (SSSR count). The molecule has 0 fully saturated rings. The Morgan fingerprint density at radius 1 is 1.39 bits per heavy atom. The summed E-state index contributed by atoms with van der Waals surface area (Å²) in [6.07, 6.45) is 0.382. The molecule has 8 heteroatoms. The van der Waals surface area contributed by atoms with Crippen LogP contribution in [0.2, 0.25) is 0 Å². The van der Waals surface area contributed by atoms with Gasteiger partial charge in [-0.25, -0.2) is 0 Å². The second-order valence-corrected chi connectivity index (χ2v) is 4.33. The van der Waals surface area contributed by atoms with Crippen molar-refractivity contribution in [3.05, 3.63) is 0 Å². The van der Waals surface area contributed by atoms with Crippen LogP contribution in [0.25, 0.3) is 0 Å².